The number of nitrogens with zero attached hydrogens (tertiary/aromatic N) is 1. The maximum absolute atomic E-state index is 6.28. The second-order valence-electron chi connectivity index (χ2n) is 13.3. The van der Waals surface area contributed by atoms with E-state index in [1.54, 1.807) is 0 Å². The van der Waals surface area contributed by atoms with Gasteiger partial charge >= 0.3 is 0 Å². The first-order valence-electron chi connectivity index (χ1n) is 16.4. The molecule has 0 saturated heterocycles. The molecule has 0 N–H and O–H groups in total. The molecule has 0 unspecified atom stereocenters. The van der Waals surface area contributed by atoms with Gasteiger partial charge in [0.05, 0.1) is 5.69 Å². The van der Waals surface area contributed by atoms with Gasteiger partial charge in [0.25, 0.3) is 0 Å². The zero-order chi connectivity index (χ0) is 31.3. The molecule has 0 amide bonds. The maximum atomic E-state index is 6.28. The molecule has 0 bridgehead atoms. The molecule has 0 spiro atoms. The molecule has 47 heavy (non-hydrogen) atoms. The summed E-state index contributed by atoms with van der Waals surface area (Å²) < 4.78 is 6.28. The fraction of sp³-hybridized carbons (Fsp3) is 0.0667. The van der Waals surface area contributed by atoms with E-state index in [0.717, 1.165) is 39.0 Å². The first-order valence-corrected chi connectivity index (χ1v) is 16.4. The number of hydrogen-bond donors (Lipinski definition) is 0. The lowest BCUT2D eigenvalue weighted by Crippen LogP contribution is -2.16. The lowest BCUT2D eigenvalue weighted by atomic mass is 9.82. The molecule has 0 radical (unpaired) electrons. The van der Waals surface area contributed by atoms with Crippen LogP contribution in [-0.2, 0) is 5.41 Å². The molecule has 0 aliphatic heterocycles. The van der Waals surface area contributed by atoms with Crippen LogP contribution in [0.2, 0.25) is 0 Å². The maximum Gasteiger partial charge on any atom is 0.135 e. The Morgan fingerprint density at radius 2 is 0.979 bits per heavy atom. The van der Waals surface area contributed by atoms with Gasteiger partial charge in [-0.1, -0.05) is 123 Å². The zero-order valence-corrected chi connectivity index (χ0v) is 26.3. The van der Waals surface area contributed by atoms with Crippen LogP contribution < -0.4 is 4.90 Å². The van der Waals surface area contributed by atoms with Crippen molar-refractivity contribution in [3.8, 4) is 11.1 Å². The molecule has 1 aliphatic rings. The minimum absolute atomic E-state index is 0.111. The van der Waals surface area contributed by atoms with Crippen LogP contribution in [0.5, 0.6) is 0 Å². The van der Waals surface area contributed by atoms with E-state index in [2.05, 4.69) is 164 Å². The molecule has 0 saturated carbocycles. The molecular weight excluding hydrogens is 571 g/mol. The summed E-state index contributed by atoms with van der Waals surface area (Å²) in [6, 6.07) is 55.3. The Morgan fingerprint density at radius 1 is 0.426 bits per heavy atom. The Labute approximate surface area is 273 Å². The van der Waals surface area contributed by atoms with E-state index < -0.39 is 0 Å². The van der Waals surface area contributed by atoms with Crippen molar-refractivity contribution in [2.24, 2.45) is 0 Å². The van der Waals surface area contributed by atoms with Crippen molar-refractivity contribution in [1.29, 1.82) is 0 Å². The molecule has 1 aromatic heterocycles. The predicted octanol–water partition coefficient (Wildman–Crippen LogP) is 12.8. The number of hydrogen-bond acceptors (Lipinski definition) is 2. The Morgan fingerprint density at radius 3 is 1.77 bits per heavy atom. The lowest BCUT2D eigenvalue weighted by Gasteiger charge is -2.29. The number of furan rings is 1. The van der Waals surface area contributed by atoms with Crippen molar-refractivity contribution in [3.63, 3.8) is 0 Å². The van der Waals surface area contributed by atoms with Gasteiger partial charge in [0, 0.05) is 32.9 Å². The highest BCUT2D eigenvalue weighted by atomic mass is 16.3. The highest BCUT2D eigenvalue weighted by Gasteiger charge is 2.36. The van der Waals surface area contributed by atoms with Gasteiger partial charge in [-0.2, -0.15) is 0 Å². The van der Waals surface area contributed by atoms with Gasteiger partial charge in [-0.15, -0.1) is 0 Å². The number of fused-ring (bicyclic) bond motifs is 12. The van der Waals surface area contributed by atoms with Gasteiger partial charge in [-0.05, 0) is 91.6 Å². The SMILES string of the molecule is CC1(C)c2ccccc2-c2ccc(N(c3ccc4oc5ccccc5c4c3)c3cccc4c5ccccc5c5ccccc5c34)cc21. The second kappa shape index (κ2) is 9.57. The molecule has 1 aliphatic carbocycles. The van der Waals surface area contributed by atoms with E-state index in [1.807, 2.05) is 6.07 Å². The van der Waals surface area contributed by atoms with Crippen molar-refractivity contribution in [1.82, 2.24) is 0 Å². The molecule has 10 rings (SSSR count). The van der Waals surface area contributed by atoms with Gasteiger partial charge < -0.3 is 9.32 Å². The number of para-hydroxylation sites is 1. The van der Waals surface area contributed by atoms with Crippen LogP contribution in [0.3, 0.4) is 0 Å². The summed E-state index contributed by atoms with van der Waals surface area (Å²) in [6.07, 6.45) is 0. The van der Waals surface area contributed by atoms with Crippen molar-refractivity contribution in [3.05, 3.63) is 163 Å². The van der Waals surface area contributed by atoms with Gasteiger partial charge in [0.15, 0.2) is 0 Å². The van der Waals surface area contributed by atoms with Gasteiger partial charge in [-0.3, -0.25) is 0 Å². The molecule has 0 fully saturated rings. The second-order valence-corrected chi connectivity index (χ2v) is 13.3. The molecule has 8 aromatic carbocycles. The third kappa shape index (κ3) is 3.67. The summed E-state index contributed by atoms with van der Waals surface area (Å²) in [5.74, 6) is 0. The summed E-state index contributed by atoms with van der Waals surface area (Å²) in [5, 5.41) is 9.83. The zero-order valence-electron chi connectivity index (χ0n) is 26.3. The summed E-state index contributed by atoms with van der Waals surface area (Å²) >= 11 is 0. The minimum atomic E-state index is -0.111. The molecule has 2 nitrogen and oxygen atoms in total. The normalized spacial score (nSPS) is 13.5. The highest BCUT2D eigenvalue weighted by Crippen LogP contribution is 2.52. The van der Waals surface area contributed by atoms with Crippen LogP contribution in [0, 0.1) is 0 Å². The van der Waals surface area contributed by atoms with Gasteiger partial charge in [-0.25, -0.2) is 0 Å². The molecule has 1 heterocycles. The van der Waals surface area contributed by atoms with Crippen molar-refractivity contribution in [2.75, 3.05) is 4.90 Å². The summed E-state index contributed by atoms with van der Waals surface area (Å²) in [4.78, 5) is 2.46. The third-order valence-corrected chi connectivity index (χ3v) is 10.4. The predicted molar refractivity (Wildman–Crippen MR) is 198 cm³/mol. The fourth-order valence-electron chi connectivity index (χ4n) is 8.23. The minimum Gasteiger partial charge on any atom is -0.456 e. The molecular formula is C45H31NO. The topological polar surface area (TPSA) is 16.4 Å². The number of anilines is 3. The van der Waals surface area contributed by atoms with Crippen LogP contribution in [-0.4, -0.2) is 0 Å². The summed E-state index contributed by atoms with van der Waals surface area (Å²) in [6.45, 7) is 4.71. The fourth-order valence-corrected chi connectivity index (χ4v) is 8.23. The first kappa shape index (κ1) is 26.4. The quantitative estimate of drug-likeness (QED) is 0.187. The van der Waals surface area contributed by atoms with E-state index in [-0.39, 0.29) is 5.41 Å². The smallest absolute Gasteiger partial charge is 0.135 e. The molecule has 222 valence electrons. The Hall–Kier alpha value is -5.86. The van der Waals surface area contributed by atoms with Crippen LogP contribution in [0.15, 0.2) is 156 Å². The Bertz CT molecular complexity index is 2680. The van der Waals surface area contributed by atoms with Crippen LogP contribution in [0.25, 0.3) is 65.4 Å². The summed E-state index contributed by atoms with van der Waals surface area (Å²) in [7, 11) is 0. The van der Waals surface area contributed by atoms with E-state index in [9.17, 15) is 0 Å². The average Bonchev–Trinajstić information content (AvgIpc) is 3.60. The molecule has 9 aromatic rings. The van der Waals surface area contributed by atoms with E-state index >= 15 is 0 Å². The molecule has 0 atom stereocenters. The largest absolute Gasteiger partial charge is 0.456 e. The van der Waals surface area contributed by atoms with E-state index in [1.165, 1.54) is 54.6 Å². The van der Waals surface area contributed by atoms with Crippen molar-refractivity contribution >= 4 is 71.3 Å². The van der Waals surface area contributed by atoms with Crippen LogP contribution in [0.1, 0.15) is 25.0 Å². The average molecular weight is 602 g/mol. The van der Waals surface area contributed by atoms with Gasteiger partial charge in [0.1, 0.15) is 11.2 Å². The third-order valence-electron chi connectivity index (χ3n) is 10.4. The number of benzene rings is 8. The van der Waals surface area contributed by atoms with Crippen LogP contribution >= 0.6 is 0 Å². The summed E-state index contributed by atoms with van der Waals surface area (Å²) in [5.41, 5.74) is 10.5. The van der Waals surface area contributed by atoms with Crippen molar-refractivity contribution in [2.45, 2.75) is 19.3 Å². The van der Waals surface area contributed by atoms with Crippen molar-refractivity contribution < 1.29 is 4.42 Å². The Balaban J connectivity index is 1.31. The Kier molecular flexibility index (Phi) is 5.37. The monoisotopic (exact) mass is 601 g/mol. The number of rotatable bonds is 3. The van der Waals surface area contributed by atoms with Gasteiger partial charge in [0.2, 0.25) is 0 Å². The van der Waals surface area contributed by atoms with E-state index in [0.29, 0.717) is 0 Å². The first-order chi connectivity index (χ1) is 23.1. The van der Waals surface area contributed by atoms with E-state index in [4.69, 9.17) is 4.42 Å². The lowest BCUT2D eigenvalue weighted by molar-refractivity contribution is 0.660. The van der Waals surface area contributed by atoms with Crippen LogP contribution in [0.4, 0.5) is 17.1 Å². The standard InChI is InChI=1S/C45H31NO/c1-45(2)39-19-9-7-15-33(39)34-24-22-29(27-40(34)45)46(28-23-25-43-38(26-28)35-16-8-10-21-42(35)47-43)41-20-11-18-37-32-13-4-3-12-30(32)31-14-5-6-17-36(31)44(37)41/h3-27H,1-2H3. The molecule has 2 heteroatoms. The highest BCUT2D eigenvalue weighted by molar-refractivity contribution is 6.28.